The highest BCUT2D eigenvalue weighted by atomic mass is 16.2. The van der Waals surface area contributed by atoms with Crippen molar-refractivity contribution in [2.45, 2.75) is 85.2 Å². The van der Waals surface area contributed by atoms with Crippen LogP contribution in [0.25, 0.3) is 11.2 Å². The summed E-state index contributed by atoms with van der Waals surface area (Å²) in [6, 6.07) is 11.4. The standard InChI is InChI=1S/C31H41N5O3/c1-30(2,3)19-36-24-14-13-23(32-27(24)34(6)29(36)39)21-15-16-31(4,5)25(18-21)33-28(38)20-9-11-22(12-10-20)35-17-7-8-26(35)37/h9-14,21,25H,7-8,15-19H2,1-6H3,(H,33,38). The maximum Gasteiger partial charge on any atom is 0.330 e. The van der Waals surface area contributed by atoms with Gasteiger partial charge in [0.15, 0.2) is 5.65 Å². The van der Waals surface area contributed by atoms with E-state index >= 15 is 0 Å². The van der Waals surface area contributed by atoms with Gasteiger partial charge in [0, 0.05) is 55.5 Å². The van der Waals surface area contributed by atoms with Crippen molar-refractivity contribution in [2.75, 3.05) is 11.4 Å². The summed E-state index contributed by atoms with van der Waals surface area (Å²) < 4.78 is 3.47. The summed E-state index contributed by atoms with van der Waals surface area (Å²) in [5, 5.41) is 3.30. The number of hydrogen-bond donors (Lipinski definition) is 1. The Balaban J connectivity index is 1.34. The molecule has 1 saturated heterocycles. The normalized spacial score (nSPS) is 21.5. The number of hydrogen-bond acceptors (Lipinski definition) is 4. The molecule has 2 atom stereocenters. The van der Waals surface area contributed by atoms with Gasteiger partial charge in [0.05, 0.1) is 5.52 Å². The first-order valence-electron chi connectivity index (χ1n) is 14.1. The zero-order chi connectivity index (χ0) is 28.1. The molecule has 2 aromatic heterocycles. The highest BCUT2D eigenvalue weighted by Crippen LogP contribution is 2.42. The molecule has 1 aliphatic heterocycles. The van der Waals surface area contributed by atoms with Gasteiger partial charge in [-0.15, -0.1) is 0 Å². The molecule has 1 aliphatic carbocycles. The number of aromatic nitrogens is 3. The predicted octanol–water partition coefficient (Wildman–Crippen LogP) is 5.00. The number of imidazole rings is 1. The number of nitrogens with zero attached hydrogens (tertiary/aromatic N) is 4. The summed E-state index contributed by atoms with van der Waals surface area (Å²) in [4.78, 5) is 45.1. The minimum atomic E-state index is -0.0990. The highest BCUT2D eigenvalue weighted by molar-refractivity contribution is 5.97. The molecule has 2 unspecified atom stereocenters. The average molecular weight is 532 g/mol. The van der Waals surface area contributed by atoms with Crippen molar-refractivity contribution in [3.8, 4) is 0 Å². The minimum absolute atomic E-state index is 0.0182. The van der Waals surface area contributed by atoms with Crippen LogP contribution in [0.4, 0.5) is 5.69 Å². The Hall–Kier alpha value is -3.42. The monoisotopic (exact) mass is 531 g/mol. The Morgan fingerprint density at radius 2 is 1.82 bits per heavy atom. The molecule has 39 heavy (non-hydrogen) atoms. The second-order valence-corrected chi connectivity index (χ2v) is 13.2. The molecular formula is C31H41N5O3. The molecule has 2 aliphatic rings. The first-order chi connectivity index (χ1) is 18.3. The molecule has 8 nitrogen and oxygen atoms in total. The lowest BCUT2D eigenvalue weighted by atomic mass is 9.68. The first-order valence-corrected chi connectivity index (χ1v) is 14.1. The van der Waals surface area contributed by atoms with E-state index in [4.69, 9.17) is 4.98 Å². The number of anilines is 1. The van der Waals surface area contributed by atoms with Crippen LogP contribution >= 0.6 is 0 Å². The maximum atomic E-state index is 13.3. The number of aryl methyl sites for hydroxylation is 1. The fourth-order valence-corrected chi connectivity index (χ4v) is 6.06. The summed E-state index contributed by atoms with van der Waals surface area (Å²) in [6.45, 7) is 12.2. The molecule has 0 radical (unpaired) electrons. The fourth-order valence-electron chi connectivity index (χ4n) is 6.06. The van der Waals surface area contributed by atoms with Crippen molar-refractivity contribution < 1.29 is 9.59 Å². The number of fused-ring (bicyclic) bond motifs is 1. The Morgan fingerprint density at radius 3 is 2.46 bits per heavy atom. The highest BCUT2D eigenvalue weighted by Gasteiger charge is 2.38. The zero-order valence-electron chi connectivity index (χ0n) is 24.1. The van der Waals surface area contributed by atoms with E-state index in [1.165, 1.54) is 0 Å². The van der Waals surface area contributed by atoms with Gasteiger partial charge in [-0.1, -0.05) is 34.6 Å². The van der Waals surface area contributed by atoms with Crippen LogP contribution < -0.4 is 15.9 Å². The van der Waals surface area contributed by atoms with Gasteiger partial charge < -0.3 is 10.2 Å². The predicted molar refractivity (Wildman–Crippen MR) is 154 cm³/mol. The molecule has 1 aromatic carbocycles. The second kappa shape index (κ2) is 9.96. The Labute approximate surface area is 230 Å². The maximum absolute atomic E-state index is 13.3. The van der Waals surface area contributed by atoms with E-state index in [-0.39, 0.29) is 40.3 Å². The van der Waals surface area contributed by atoms with Crippen LogP contribution in [-0.4, -0.2) is 38.5 Å². The lowest BCUT2D eigenvalue weighted by molar-refractivity contribution is -0.117. The van der Waals surface area contributed by atoms with E-state index in [1.807, 2.05) is 34.9 Å². The van der Waals surface area contributed by atoms with Gasteiger partial charge in [0.25, 0.3) is 5.91 Å². The smallest absolute Gasteiger partial charge is 0.330 e. The van der Waals surface area contributed by atoms with Gasteiger partial charge in [-0.25, -0.2) is 9.78 Å². The van der Waals surface area contributed by atoms with E-state index in [0.29, 0.717) is 24.2 Å². The van der Waals surface area contributed by atoms with Gasteiger partial charge in [0.1, 0.15) is 0 Å². The van der Waals surface area contributed by atoms with Gasteiger partial charge in [-0.3, -0.25) is 18.7 Å². The summed E-state index contributed by atoms with van der Waals surface area (Å²) in [5.41, 5.74) is 3.87. The van der Waals surface area contributed by atoms with Gasteiger partial charge in [-0.05, 0) is 72.9 Å². The van der Waals surface area contributed by atoms with Crippen molar-refractivity contribution in [1.82, 2.24) is 19.4 Å². The second-order valence-electron chi connectivity index (χ2n) is 13.2. The zero-order valence-corrected chi connectivity index (χ0v) is 24.1. The van der Waals surface area contributed by atoms with Crippen LogP contribution in [0.3, 0.4) is 0 Å². The number of rotatable bonds is 5. The van der Waals surface area contributed by atoms with Crippen molar-refractivity contribution in [2.24, 2.45) is 17.9 Å². The molecule has 1 saturated carbocycles. The molecule has 2 fully saturated rings. The molecule has 5 rings (SSSR count). The van der Waals surface area contributed by atoms with Crippen LogP contribution in [0.2, 0.25) is 0 Å². The van der Waals surface area contributed by atoms with Crippen LogP contribution in [-0.2, 0) is 18.4 Å². The molecule has 3 heterocycles. The summed E-state index contributed by atoms with van der Waals surface area (Å²) in [7, 11) is 1.79. The summed E-state index contributed by atoms with van der Waals surface area (Å²) in [5.74, 6) is 0.232. The minimum Gasteiger partial charge on any atom is -0.349 e. The lowest BCUT2D eigenvalue weighted by Crippen LogP contribution is -2.48. The van der Waals surface area contributed by atoms with Crippen molar-refractivity contribution >= 4 is 28.7 Å². The Morgan fingerprint density at radius 1 is 1.10 bits per heavy atom. The van der Waals surface area contributed by atoms with E-state index in [1.54, 1.807) is 16.5 Å². The molecule has 1 N–H and O–H groups in total. The number of carbonyl (C=O) groups excluding carboxylic acids is 2. The Kier molecular flexibility index (Phi) is 6.93. The third-order valence-electron chi connectivity index (χ3n) is 8.47. The van der Waals surface area contributed by atoms with E-state index in [2.05, 4.69) is 46.0 Å². The number of benzene rings is 1. The average Bonchev–Trinajstić information content (AvgIpc) is 3.41. The molecule has 8 heteroatoms. The Bertz CT molecular complexity index is 1460. The van der Waals surface area contributed by atoms with Gasteiger partial charge >= 0.3 is 5.69 Å². The molecule has 0 spiro atoms. The quantitative estimate of drug-likeness (QED) is 0.502. The topological polar surface area (TPSA) is 89.2 Å². The van der Waals surface area contributed by atoms with E-state index < -0.39 is 0 Å². The number of nitrogens with one attached hydrogen (secondary N) is 1. The summed E-state index contributed by atoms with van der Waals surface area (Å²) in [6.07, 6.45) is 4.19. The van der Waals surface area contributed by atoms with Crippen molar-refractivity contribution in [3.63, 3.8) is 0 Å². The van der Waals surface area contributed by atoms with Gasteiger partial charge in [-0.2, -0.15) is 0 Å². The van der Waals surface area contributed by atoms with Crippen LogP contribution in [0.1, 0.15) is 88.7 Å². The van der Waals surface area contributed by atoms with Crippen LogP contribution in [0.5, 0.6) is 0 Å². The number of pyridine rings is 1. The number of carbonyl (C=O) groups is 2. The third-order valence-corrected chi connectivity index (χ3v) is 8.47. The molecule has 0 bridgehead atoms. The van der Waals surface area contributed by atoms with E-state index in [9.17, 15) is 14.4 Å². The van der Waals surface area contributed by atoms with Crippen molar-refractivity contribution in [3.05, 3.63) is 58.1 Å². The van der Waals surface area contributed by atoms with E-state index in [0.717, 1.165) is 49.1 Å². The largest absolute Gasteiger partial charge is 0.349 e. The number of amides is 2. The molecule has 3 aromatic rings. The first kappa shape index (κ1) is 27.2. The van der Waals surface area contributed by atoms with Crippen LogP contribution in [0.15, 0.2) is 41.2 Å². The SMILES string of the molecule is Cn1c(=O)n(CC(C)(C)C)c2ccc(C3CCC(C)(C)C(NC(=O)c4ccc(N5CCCC5=O)cc4)C3)nc21. The fraction of sp³-hybridized carbons (Fsp3) is 0.548. The van der Waals surface area contributed by atoms with Crippen molar-refractivity contribution in [1.29, 1.82) is 0 Å². The molecule has 208 valence electrons. The lowest BCUT2D eigenvalue weighted by Gasteiger charge is -2.42. The summed E-state index contributed by atoms with van der Waals surface area (Å²) >= 11 is 0. The van der Waals surface area contributed by atoms with Gasteiger partial charge in [0.2, 0.25) is 5.91 Å². The third kappa shape index (κ3) is 5.38. The molecular weight excluding hydrogens is 490 g/mol. The van der Waals surface area contributed by atoms with Crippen LogP contribution in [0, 0.1) is 10.8 Å². The molecule has 2 amide bonds.